The van der Waals surface area contributed by atoms with Crippen LogP contribution < -0.4 is 0 Å². The Kier molecular flexibility index (Phi) is 41.2. The van der Waals surface area contributed by atoms with Crippen LogP contribution in [0.1, 0.15) is 174 Å². The number of carbonyl (C=O) groups excluding carboxylic acids is 2. The lowest BCUT2D eigenvalue weighted by atomic mass is 10.1. The summed E-state index contributed by atoms with van der Waals surface area (Å²) in [6, 6.07) is -0.636. The molecule has 0 aromatic heterocycles. The molecule has 0 aliphatic rings. The maximum Gasteiger partial charge on any atom is 0.362 e. The number of allylic oxidation sites excluding steroid dienone is 16. The number of carboxylic acids is 1. The highest BCUT2D eigenvalue weighted by molar-refractivity contribution is 5.72. The first-order valence-electron chi connectivity index (χ1n) is 24.3. The summed E-state index contributed by atoms with van der Waals surface area (Å²) in [5.41, 5.74) is 0. The molecule has 0 aliphatic heterocycles. The van der Waals surface area contributed by atoms with Crippen molar-refractivity contribution in [1.29, 1.82) is 0 Å². The van der Waals surface area contributed by atoms with Crippen LogP contribution in [0.5, 0.6) is 0 Å². The van der Waals surface area contributed by atoms with E-state index in [9.17, 15) is 19.5 Å². The van der Waals surface area contributed by atoms with Crippen molar-refractivity contribution in [2.75, 3.05) is 41.0 Å². The number of aliphatic carboxylic acids is 1. The van der Waals surface area contributed by atoms with E-state index in [1.165, 1.54) is 70.6 Å². The molecule has 0 bridgehead atoms. The van der Waals surface area contributed by atoms with Crippen molar-refractivity contribution in [3.05, 3.63) is 97.2 Å². The summed E-state index contributed by atoms with van der Waals surface area (Å²) in [7, 11) is 5.49. The first kappa shape index (κ1) is 58.2. The molecule has 62 heavy (non-hydrogen) atoms. The van der Waals surface area contributed by atoms with Crippen molar-refractivity contribution in [1.82, 2.24) is 0 Å². The number of unbranched alkanes of at least 4 members (excludes halogenated alkanes) is 12. The third kappa shape index (κ3) is 41.6. The topological polar surface area (TPSA) is 99.1 Å². The van der Waals surface area contributed by atoms with E-state index in [4.69, 9.17) is 14.2 Å². The van der Waals surface area contributed by atoms with Gasteiger partial charge < -0.3 is 23.8 Å². The lowest BCUT2D eigenvalue weighted by molar-refractivity contribution is -0.887. The minimum atomic E-state index is -0.892. The molecule has 0 saturated carbocycles. The smallest absolute Gasteiger partial charge is 0.362 e. The number of hydrogen-bond donors (Lipinski definition) is 1. The SMILES string of the molecule is CCCCC/C=C/C/C=C/C/C=C/C/C=C/C/C=C/CCCCC(=O)OCC(COCCC(C(=O)O)[N+](C)(C)C)OC(=O)CCC/C=C/C/C=C/C/C=C/CCCCCCCC. The van der Waals surface area contributed by atoms with Crippen molar-refractivity contribution in [2.45, 2.75) is 187 Å². The molecule has 0 aliphatic carbocycles. The van der Waals surface area contributed by atoms with Gasteiger partial charge in [0, 0.05) is 19.3 Å². The van der Waals surface area contributed by atoms with Gasteiger partial charge in [-0.2, -0.15) is 0 Å². The molecule has 2 atom stereocenters. The van der Waals surface area contributed by atoms with Crippen LogP contribution in [0.15, 0.2) is 97.2 Å². The van der Waals surface area contributed by atoms with Crippen molar-refractivity contribution >= 4 is 17.9 Å². The molecule has 0 aromatic carbocycles. The summed E-state index contributed by atoms with van der Waals surface area (Å²) in [4.78, 5) is 37.1. The Morgan fingerprint density at radius 3 is 1.34 bits per heavy atom. The number of quaternary nitrogens is 1. The van der Waals surface area contributed by atoms with E-state index in [0.29, 0.717) is 19.3 Å². The van der Waals surface area contributed by atoms with E-state index in [1.807, 2.05) is 21.1 Å². The Labute approximate surface area is 379 Å². The quantitative estimate of drug-likeness (QED) is 0.0282. The van der Waals surface area contributed by atoms with Crippen molar-refractivity contribution in [2.24, 2.45) is 0 Å². The number of ether oxygens (including phenoxy) is 3. The molecule has 0 fully saturated rings. The van der Waals surface area contributed by atoms with Crippen molar-refractivity contribution in [3.8, 4) is 0 Å². The van der Waals surface area contributed by atoms with Gasteiger partial charge in [-0.15, -0.1) is 0 Å². The van der Waals surface area contributed by atoms with Gasteiger partial charge in [0.15, 0.2) is 12.1 Å². The van der Waals surface area contributed by atoms with Crippen LogP contribution in [-0.4, -0.2) is 80.6 Å². The number of carboxylic acid groups (broad SMARTS) is 1. The highest BCUT2D eigenvalue weighted by Crippen LogP contribution is 2.11. The molecule has 2 unspecified atom stereocenters. The average molecular weight is 865 g/mol. The summed E-state index contributed by atoms with van der Waals surface area (Å²) in [6.45, 7) is 4.59. The molecule has 0 aromatic rings. The van der Waals surface area contributed by atoms with Gasteiger partial charge in [-0.3, -0.25) is 9.59 Å². The number of nitrogens with zero attached hydrogens (tertiary/aromatic N) is 1. The maximum absolute atomic E-state index is 12.7. The zero-order valence-electron chi connectivity index (χ0n) is 40.0. The number of hydrogen-bond acceptors (Lipinski definition) is 6. The van der Waals surface area contributed by atoms with E-state index in [2.05, 4.69) is 111 Å². The summed E-state index contributed by atoms with van der Waals surface area (Å²) in [5, 5.41) is 9.64. The van der Waals surface area contributed by atoms with Crippen LogP contribution in [0, 0.1) is 0 Å². The number of rotatable bonds is 42. The highest BCUT2D eigenvalue weighted by atomic mass is 16.6. The fourth-order valence-corrected chi connectivity index (χ4v) is 6.42. The van der Waals surface area contributed by atoms with E-state index in [0.717, 1.165) is 57.8 Å². The second-order valence-corrected chi connectivity index (χ2v) is 17.0. The van der Waals surface area contributed by atoms with Gasteiger partial charge in [-0.1, -0.05) is 156 Å². The van der Waals surface area contributed by atoms with Gasteiger partial charge in [0.1, 0.15) is 6.61 Å². The van der Waals surface area contributed by atoms with E-state index < -0.39 is 18.1 Å². The monoisotopic (exact) mass is 865 g/mol. The highest BCUT2D eigenvalue weighted by Gasteiger charge is 2.31. The van der Waals surface area contributed by atoms with Crippen LogP contribution in [-0.2, 0) is 28.6 Å². The predicted octanol–water partition coefficient (Wildman–Crippen LogP) is 13.9. The minimum absolute atomic E-state index is 0.0210. The molecule has 0 saturated heterocycles. The third-order valence-corrected chi connectivity index (χ3v) is 10.2. The molecule has 0 rings (SSSR count). The lowest BCUT2D eigenvalue weighted by Gasteiger charge is -2.31. The third-order valence-electron chi connectivity index (χ3n) is 10.2. The van der Waals surface area contributed by atoms with Gasteiger partial charge in [-0.05, 0) is 96.3 Å². The van der Waals surface area contributed by atoms with Gasteiger partial charge in [-0.25, -0.2) is 4.79 Å². The molecular formula is C54H90NO7+. The van der Waals surface area contributed by atoms with E-state index >= 15 is 0 Å². The first-order valence-corrected chi connectivity index (χ1v) is 24.3. The van der Waals surface area contributed by atoms with Crippen LogP contribution >= 0.6 is 0 Å². The zero-order valence-corrected chi connectivity index (χ0v) is 40.0. The molecule has 0 amide bonds. The van der Waals surface area contributed by atoms with Crippen molar-refractivity contribution in [3.63, 3.8) is 0 Å². The lowest BCUT2D eigenvalue weighted by Crippen LogP contribution is -2.50. The van der Waals surface area contributed by atoms with E-state index in [-0.39, 0.29) is 49.1 Å². The van der Waals surface area contributed by atoms with Gasteiger partial charge in [0.2, 0.25) is 0 Å². The number of likely N-dealkylation sites (N-methyl/N-ethyl adjacent to an activating group) is 1. The fraction of sp³-hybridized carbons (Fsp3) is 0.648. The Morgan fingerprint density at radius 2 is 0.871 bits per heavy atom. The van der Waals surface area contributed by atoms with Crippen LogP contribution in [0.4, 0.5) is 0 Å². The molecule has 0 radical (unpaired) electrons. The average Bonchev–Trinajstić information content (AvgIpc) is 3.23. The van der Waals surface area contributed by atoms with Gasteiger partial charge in [0.25, 0.3) is 0 Å². The molecule has 0 heterocycles. The normalized spacial score (nSPS) is 13.8. The fourth-order valence-electron chi connectivity index (χ4n) is 6.42. The number of esters is 2. The molecule has 352 valence electrons. The minimum Gasteiger partial charge on any atom is -0.477 e. The maximum atomic E-state index is 12.7. The van der Waals surface area contributed by atoms with Crippen molar-refractivity contribution < 1.29 is 38.2 Å². The second-order valence-electron chi connectivity index (χ2n) is 17.0. The Hall–Kier alpha value is -3.75. The molecular weight excluding hydrogens is 775 g/mol. The standard InChI is InChI=1S/C54H89NO7/c1-6-8-10-12-14-16-18-20-22-24-25-26-27-29-30-32-34-36-38-40-42-44-52(56)61-49-50(48-60-47-46-51(54(58)59)55(3,4)5)62-53(57)45-43-41-39-37-35-33-31-28-23-21-19-17-15-13-11-9-7-2/h14,16,20-23,25-26,29-31,33-34,36-37,39,50-51H,6-13,15,17-19,24,27-28,32,35,38,40-49H2,1-5H3/p+1/b16-14+,22-20+,23-21+,26-25+,30-29+,33-31+,36-34+,39-37+. The van der Waals surface area contributed by atoms with Gasteiger partial charge >= 0.3 is 17.9 Å². The molecule has 8 heteroatoms. The van der Waals surface area contributed by atoms with E-state index in [1.54, 1.807) is 0 Å². The predicted molar refractivity (Wildman–Crippen MR) is 261 cm³/mol. The van der Waals surface area contributed by atoms with Crippen LogP contribution in [0.2, 0.25) is 0 Å². The van der Waals surface area contributed by atoms with Crippen LogP contribution in [0.25, 0.3) is 0 Å². The summed E-state index contributed by atoms with van der Waals surface area (Å²) < 4.78 is 17.2. The first-order chi connectivity index (χ1) is 30.1. The Bertz CT molecular complexity index is 1330. The molecule has 8 nitrogen and oxygen atoms in total. The Balaban J connectivity index is 4.47. The van der Waals surface area contributed by atoms with Gasteiger partial charge in [0.05, 0.1) is 34.4 Å². The molecule has 0 spiro atoms. The summed E-state index contributed by atoms with van der Waals surface area (Å²) in [5.74, 6) is -1.60. The second kappa shape index (κ2) is 43.9. The molecule has 1 N–H and O–H groups in total. The van der Waals surface area contributed by atoms with Crippen LogP contribution in [0.3, 0.4) is 0 Å². The zero-order chi connectivity index (χ0) is 45.6. The largest absolute Gasteiger partial charge is 0.477 e. The Morgan fingerprint density at radius 1 is 0.484 bits per heavy atom. The number of carbonyl (C=O) groups is 3. The summed E-state index contributed by atoms with van der Waals surface area (Å²) >= 11 is 0. The summed E-state index contributed by atoms with van der Waals surface area (Å²) in [6.07, 6.45) is 58.9.